The van der Waals surface area contributed by atoms with Crippen molar-refractivity contribution in [3.8, 4) is 5.75 Å². The highest BCUT2D eigenvalue weighted by atomic mass is 35.5. The molecule has 0 aromatic heterocycles. The topological polar surface area (TPSA) is 26.6 Å². The maximum absolute atomic E-state index is 14.9. The molecule has 142 valence electrons. The third-order valence-electron chi connectivity index (χ3n) is 4.71. The Balaban J connectivity index is 1.79. The van der Waals surface area contributed by atoms with Crippen LogP contribution in [0.25, 0.3) is 0 Å². The first-order valence-electron chi connectivity index (χ1n) is 8.13. The largest absolute Gasteiger partial charge is 0.495 e. The Morgan fingerprint density at radius 3 is 2.81 bits per heavy atom. The second-order valence-corrected chi connectivity index (χ2v) is 7.79. The monoisotopic (exact) mass is 417 g/mol. The summed E-state index contributed by atoms with van der Waals surface area (Å²) in [6, 6.07) is 4.20. The van der Waals surface area contributed by atoms with Gasteiger partial charge in [0.25, 0.3) is 0 Å². The summed E-state index contributed by atoms with van der Waals surface area (Å²) in [6.07, 6.45) is -0.923. The molecule has 2 atom stereocenters. The number of hydrogen-bond acceptors (Lipinski definition) is 3. The molecule has 3 nitrogen and oxygen atoms in total. The molecule has 2 aliphatic heterocycles. The number of allylic oxidation sites excluding steroid dienone is 2. The maximum Gasteiger partial charge on any atom is 0.495 e. The molecule has 3 aliphatic rings. The molecule has 1 aromatic carbocycles. The Labute approximate surface area is 162 Å². The van der Waals surface area contributed by atoms with Gasteiger partial charge in [-0.1, -0.05) is 29.8 Å². The van der Waals surface area contributed by atoms with E-state index in [0.29, 0.717) is 28.4 Å². The Morgan fingerprint density at radius 1 is 1.33 bits per heavy atom. The van der Waals surface area contributed by atoms with Gasteiger partial charge in [0.05, 0.1) is 18.1 Å². The van der Waals surface area contributed by atoms with Gasteiger partial charge in [-0.15, -0.1) is 11.8 Å². The van der Waals surface area contributed by atoms with Crippen LogP contribution in [-0.2, 0) is 0 Å². The fourth-order valence-electron chi connectivity index (χ4n) is 3.53. The van der Waals surface area contributed by atoms with Crippen LogP contribution in [-0.4, -0.2) is 41.7 Å². The first-order chi connectivity index (χ1) is 12.8. The van der Waals surface area contributed by atoms with Crippen molar-refractivity contribution < 1.29 is 22.3 Å². The van der Waals surface area contributed by atoms with Crippen molar-refractivity contribution in [3.63, 3.8) is 0 Å². The normalized spacial score (nSPS) is 24.4. The summed E-state index contributed by atoms with van der Waals surface area (Å²) >= 11 is 7.48. The minimum absolute atomic E-state index is 0.0927. The molecular weight excluding hydrogens is 404 g/mol. The molecule has 0 bridgehead atoms. The molecule has 1 aliphatic carbocycles. The third kappa shape index (κ3) is 3.06. The van der Waals surface area contributed by atoms with E-state index < -0.39 is 29.1 Å². The zero-order chi connectivity index (χ0) is 19.3. The number of rotatable bonds is 2. The lowest BCUT2D eigenvalue weighted by Crippen LogP contribution is -2.59. The van der Waals surface area contributed by atoms with Gasteiger partial charge in [-0.25, -0.2) is 9.06 Å². The molecule has 0 saturated carbocycles. The van der Waals surface area contributed by atoms with Crippen LogP contribution in [0.4, 0.5) is 17.6 Å². The Morgan fingerprint density at radius 2 is 2.11 bits per heavy atom. The van der Waals surface area contributed by atoms with Crippen molar-refractivity contribution in [3.05, 3.63) is 52.3 Å². The summed E-state index contributed by atoms with van der Waals surface area (Å²) in [7, 11) is 1.37. The fourth-order valence-corrected chi connectivity index (χ4v) is 5.04. The van der Waals surface area contributed by atoms with Crippen LogP contribution in [0.15, 0.2) is 41.0 Å². The van der Waals surface area contributed by atoms with Gasteiger partial charge < -0.3 is 4.74 Å². The average molecular weight is 418 g/mol. The number of methoxy groups -OCH3 is 1. The number of hydrogen-bond donors (Lipinski definition) is 0. The van der Waals surface area contributed by atoms with Crippen LogP contribution in [0.3, 0.4) is 0 Å². The van der Waals surface area contributed by atoms with E-state index in [9.17, 15) is 17.6 Å². The van der Waals surface area contributed by atoms with Gasteiger partial charge in [-0.2, -0.15) is 18.1 Å². The molecule has 1 saturated heterocycles. The van der Waals surface area contributed by atoms with Crippen molar-refractivity contribution in [1.29, 1.82) is 0 Å². The maximum atomic E-state index is 14.9. The van der Waals surface area contributed by atoms with E-state index in [-0.39, 0.29) is 11.5 Å². The van der Waals surface area contributed by atoms with E-state index in [1.807, 2.05) is 0 Å². The van der Waals surface area contributed by atoms with Crippen molar-refractivity contribution in [1.82, 2.24) is 9.57 Å². The first kappa shape index (κ1) is 18.5. The van der Waals surface area contributed by atoms with Gasteiger partial charge in [0, 0.05) is 17.0 Å². The summed E-state index contributed by atoms with van der Waals surface area (Å²) in [4.78, 5) is 1.22. The Kier molecular flexibility index (Phi) is 4.53. The molecule has 4 rings (SSSR count). The predicted octanol–water partition coefficient (Wildman–Crippen LogP) is 4.19. The number of alkyl halides is 3. The van der Waals surface area contributed by atoms with Crippen molar-refractivity contribution in [2.45, 2.75) is 23.9 Å². The molecular formula is C18H14ClF4N2OS+. The quantitative estimate of drug-likeness (QED) is 0.533. The van der Waals surface area contributed by atoms with Gasteiger partial charge in [0.15, 0.2) is 11.6 Å². The molecule has 27 heavy (non-hydrogen) atoms. The molecule has 0 radical (unpaired) electrons. The molecule has 1 aromatic rings. The first-order valence-corrected chi connectivity index (χ1v) is 9.56. The van der Waals surface area contributed by atoms with Crippen molar-refractivity contribution >= 4 is 35.0 Å². The van der Waals surface area contributed by atoms with Crippen LogP contribution in [0, 0.1) is 5.82 Å². The van der Waals surface area contributed by atoms with Gasteiger partial charge in [-0.05, 0) is 17.7 Å². The Bertz CT molecular complexity index is 934. The van der Waals surface area contributed by atoms with Gasteiger partial charge in [-0.3, -0.25) is 0 Å². The van der Waals surface area contributed by atoms with Crippen LogP contribution in [0.1, 0.15) is 17.2 Å². The summed E-state index contributed by atoms with van der Waals surface area (Å²) in [5.41, 5.74) is 0.991. The molecule has 1 unspecified atom stereocenters. The van der Waals surface area contributed by atoms with Crippen LogP contribution >= 0.6 is 23.4 Å². The summed E-state index contributed by atoms with van der Waals surface area (Å²) in [6.45, 7) is 0. The van der Waals surface area contributed by atoms with Crippen LogP contribution in [0.5, 0.6) is 5.75 Å². The zero-order valence-corrected chi connectivity index (χ0v) is 15.6. The van der Waals surface area contributed by atoms with Gasteiger partial charge in [0.1, 0.15) is 6.04 Å². The summed E-state index contributed by atoms with van der Waals surface area (Å²) in [5.74, 6) is -0.747. The minimum atomic E-state index is -4.54. The van der Waals surface area contributed by atoms with E-state index in [2.05, 4.69) is 4.67 Å². The second kappa shape index (κ2) is 6.62. The lowest BCUT2D eigenvalue weighted by molar-refractivity contribution is -0.0688. The van der Waals surface area contributed by atoms with Gasteiger partial charge >= 0.3 is 17.8 Å². The summed E-state index contributed by atoms with van der Waals surface area (Å²) < 4.78 is 63.5. The summed E-state index contributed by atoms with van der Waals surface area (Å²) in [5, 5.41) is -0.0556. The number of ether oxygens (including phenoxy) is 1. The fraction of sp³-hybridized carbons (Fsp3) is 0.333. The lowest BCUT2D eigenvalue weighted by atomic mass is 9.90. The number of nitrogens with zero attached hydrogens (tertiary/aromatic N) is 2. The van der Waals surface area contributed by atoms with Crippen LogP contribution in [0.2, 0.25) is 0 Å². The highest BCUT2D eigenvalue weighted by Gasteiger charge is 2.58. The van der Waals surface area contributed by atoms with E-state index in [4.69, 9.17) is 16.3 Å². The molecule has 9 heteroatoms. The predicted molar refractivity (Wildman–Crippen MR) is 98.6 cm³/mol. The van der Waals surface area contributed by atoms with Crippen LogP contribution < -0.4 is 9.40 Å². The number of amidine groups is 2. The average Bonchev–Trinajstić information content (AvgIpc) is 2.69. The molecule has 2 heterocycles. The molecule has 0 N–H and O–H groups in total. The SMILES string of the molecule is COc1cccc([C@H]2SCC3=[N+]=C(C(F)(F)F)N3C3CC=C(Cl)C=C32)c1F. The highest BCUT2D eigenvalue weighted by molar-refractivity contribution is 8.00. The van der Waals surface area contributed by atoms with E-state index in [1.54, 1.807) is 24.3 Å². The van der Waals surface area contributed by atoms with E-state index >= 15 is 0 Å². The molecule has 1 fully saturated rings. The smallest absolute Gasteiger partial charge is 0.494 e. The lowest BCUT2D eigenvalue weighted by Gasteiger charge is -2.32. The zero-order valence-electron chi connectivity index (χ0n) is 14.1. The van der Waals surface area contributed by atoms with E-state index in [1.165, 1.54) is 29.8 Å². The number of thioether (sulfide) groups is 1. The standard InChI is InChI=1S/C18H14ClF4N2OS/c1-26-13-4-2-3-10(15(13)20)16-11-7-9(19)5-6-12(11)25-14(8-27-16)24-17(25)18(21,22)23/h2-5,7,12,16H,6,8H2,1H3/q+1/t12?,16-/m1/s1. The number of halogens is 5. The minimum Gasteiger partial charge on any atom is -0.494 e. The van der Waals surface area contributed by atoms with E-state index in [0.717, 1.165) is 0 Å². The van der Waals surface area contributed by atoms with Crippen molar-refractivity contribution in [2.75, 3.05) is 12.9 Å². The van der Waals surface area contributed by atoms with Gasteiger partial charge in [0.2, 0.25) is 0 Å². The highest BCUT2D eigenvalue weighted by Crippen LogP contribution is 2.47. The molecule has 0 amide bonds. The second-order valence-electron chi connectivity index (χ2n) is 6.26. The number of benzene rings is 1. The third-order valence-corrected chi connectivity index (χ3v) is 6.26. The van der Waals surface area contributed by atoms with Crippen molar-refractivity contribution in [2.24, 2.45) is 0 Å². The molecule has 0 spiro atoms. The number of fused-ring (bicyclic) bond motifs is 3. The Hall–Kier alpha value is -1.89.